The molecule has 0 N–H and O–H groups in total. The van der Waals surface area contributed by atoms with Crippen molar-refractivity contribution in [2.24, 2.45) is 5.10 Å². The molecular formula is C25H19F3N4O4. The van der Waals surface area contributed by atoms with E-state index in [1.54, 1.807) is 32.0 Å². The lowest BCUT2D eigenvalue weighted by Crippen LogP contribution is -2.20. The minimum absolute atomic E-state index is 0.0162. The predicted molar refractivity (Wildman–Crippen MR) is 128 cm³/mol. The van der Waals surface area contributed by atoms with Crippen molar-refractivity contribution in [2.45, 2.75) is 26.1 Å². The second-order valence-corrected chi connectivity index (χ2v) is 8.04. The van der Waals surface area contributed by atoms with E-state index >= 15 is 0 Å². The Morgan fingerprint density at radius 2 is 1.83 bits per heavy atom. The van der Waals surface area contributed by atoms with Crippen molar-refractivity contribution in [1.82, 2.24) is 9.66 Å². The van der Waals surface area contributed by atoms with Gasteiger partial charge in [-0.2, -0.15) is 22.9 Å². The summed E-state index contributed by atoms with van der Waals surface area (Å²) < 4.78 is 46.6. The van der Waals surface area contributed by atoms with Crippen LogP contribution in [0.15, 0.2) is 76.6 Å². The summed E-state index contributed by atoms with van der Waals surface area (Å²) >= 11 is 0. The SMILES string of the molecule is CC(C)Oc1ccc([N+](=O)[O-])cc1C=Nn1c(-c2cccc(C(F)(F)F)c2)nc2ccccc2c1=O. The molecular weight excluding hydrogens is 477 g/mol. The number of ether oxygens (including phenoxy) is 1. The number of rotatable bonds is 6. The van der Waals surface area contributed by atoms with Crippen LogP contribution in [0.25, 0.3) is 22.3 Å². The van der Waals surface area contributed by atoms with Crippen molar-refractivity contribution < 1.29 is 22.8 Å². The van der Waals surface area contributed by atoms with Crippen LogP contribution < -0.4 is 10.3 Å². The lowest BCUT2D eigenvalue weighted by atomic mass is 10.1. The number of alkyl halides is 3. The normalized spacial score (nSPS) is 11.9. The first-order valence-corrected chi connectivity index (χ1v) is 10.7. The number of nitrogens with zero attached hydrogens (tertiary/aromatic N) is 4. The summed E-state index contributed by atoms with van der Waals surface area (Å²) in [5, 5.41) is 15.7. The number of aromatic nitrogens is 2. The number of hydrogen-bond donors (Lipinski definition) is 0. The largest absolute Gasteiger partial charge is 0.490 e. The molecule has 0 radical (unpaired) electrons. The van der Waals surface area contributed by atoms with E-state index < -0.39 is 22.2 Å². The second kappa shape index (κ2) is 9.61. The molecule has 0 aliphatic heterocycles. The molecule has 184 valence electrons. The van der Waals surface area contributed by atoms with Crippen molar-refractivity contribution in [2.75, 3.05) is 0 Å². The van der Waals surface area contributed by atoms with Crippen molar-refractivity contribution >= 4 is 22.8 Å². The summed E-state index contributed by atoms with van der Waals surface area (Å²) in [6, 6.07) is 14.7. The molecule has 0 atom stereocenters. The standard InChI is InChI=1S/C25H19F3N4O4/c1-15(2)36-22-11-10-19(32(34)35)13-17(22)14-29-31-23(16-6-5-7-18(12-16)25(26,27)28)30-21-9-4-3-8-20(21)24(31)33/h3-15H,1-2H3. The number of non-ortho nitro benzene ring substituents is 1. The number of halogens is 3. The third-order valence-corrected chi connectivity index (χ3v) is 5.08. The molecule has 4 rings (SSSR count). The average molecular weight is 496 g/mol. The molecule has 0 spiro atoms. The van der Waals surface area contributed by atoms with E-state index in [1.807, 2.05) is 0 Å². The van der Waals surface area contributed by atoms with E-state index in [2.05, 4.69) is 10.1 Å². The molecule has 8 nitrogen and oxygen atoms in total. The summed E-state index contributed by atoms with van der Waals surface area (Å²) in [4.78, 5) is 28.4. The van der Waals surface area contributed by atoms with Crippen LogP contribution in [-0.2, 0) is 6.18 Å². The van der Waals surface area contributed by atoms with E-state index in [9.17, 15) is 28.1 Å². The van der Waals surface area contributed by atoms with E-state index in [1.165, 1.54) is 42.6 Å². The summed E-state index contributed by atoms with van der Waals surface area (Å²) in [6.07, 6.45) is -3.68. The molecule has 0 unspecified atom stereocenters. The Bertz CT molecular complexity index is 1540. The highest BCUT2D eigenvalue weighted by Crippen LogP contribution is 2.32. The molecule has 0 fully saturated rings. The van der Waals surface area contributed by atoms with E-state index in [4.69, 9.17) is 4.74 Å². The molecule has 4 aromatic rings. The van der Waals surface area contributed by atoms with Gasteiger partial charge in [-0.3, -0.25) is 14.9 Å². The molecule has 0 aliphatic carbocycles. The van der Waals surface area contributed by atoms with Crippen molar-refractivity contribution in [3.63, 3.8) is 0 Å². The predicted octanol–water partition coefficient (Wildman–Crippen LogP) is 5.66. The number of para-hydroxylation sites is 1. The lowest BCUT2D eigenvalue weighted by molar-refractivity contribution is -0.384. The van der Waals surface area contributed by atoms with Gasteiger partial charge < -0.3 is 4.74 Å². The Kier molecular flexibility index (Phi) is 6.56. The van der Waals surface area contributed by atoms with Crippen LogP contribution in [0.4, 0.5) is 18.9 Å². The zero-order valence-corrected chi connectivity index (χ0v) is 19.1. The quantitative estimate of drug-likeness (QED) is 0.195. The zero-order valence-electron chi connectivity index (χ0n) is 19.1. The fourth-order valence-electron chi connectivity index (χ4n) is 3.48. The number of fused-ring (bicyclic) bond motifs is 1. The van der Waals surface area contributed by atoms with E-state index in [-0.39, 0.29) is 45.4 Å². The van der Waals surface area contributed by atoms with Gasteiger partial charge in [0.1, 0.15) is 5.75 Å². The first-order chi connectivity index (χ1) is 17.0. The number of hydrogen-bond acceptors (Lipinski definition) is 6. The van der Waals surface area contributed by atoms with Crippen molar-refractivity contribution in [3.8, 4) is 17.1 Å². The number of nitro groups is 1. The first-order valence-electron chi connectivity index (χ1n) is 10.7. The van der Waals surface area contributed by atoms with Gasteiger partial charge in [0, 0.05) is 23.3 Å². The molecule has 3 aromatic carbocycles. The maximum absolute atomic E-state index is 13.3. The van der Waals surface area contributed by atoms with Crippen LogP contribution in [0, 0.1) is 10.1 Å². The molecule has 0 aliphatic rings. The highest BCUT2D eigenvalue weighted by molar-refractivity contribution is 5.85. The van der Waals surface area contributed by atoms with Crippen molar-refractivity contribution in [3.05, 3.63) is 98.3 Å². The summed E-state index contributed by atoms with van der Waals surface area (Å²) in [5.74, 6) is 0.152. The Morgan fingerprint density at radius 3 is 2.53 bits per heavy atom. The molecule has 0 amide bonds. The fraction of sp³-hybridized carbons (Fsp3) is 0.160. The van der Waals surface area contributed by atoms with Gasteiger partial charge in [-0.25, -0.2) is 4.98 Å². The smallest absolute Gasteiger partial charge is 0.416 e. The highest BCUT2D eigenvalue weighted by atomic mass is 19.4. The average Bonchev–Trinajstić information content (AvgIpc) is 2.83. The molecule has 0 saturated heterocycles. The topological polar surface area (TPSA) is 99.6 Å². The number of benzene rings is 3. The third kappa shape index (κ3) is 5.09. The summed E-state index contributed by atoms with van der Waals surface area (Å²) in [7, 11) is 0. The van der Waals surface area contributed by atoms with Gasteiger partial charge in [0.05, 0.1) is 33.7 Å². The van der Waals surface area contributed by atoms with Gasteiger partial charge in [0.15, 0.2) is 5.82 Å². The van der Waals surface area contributed by atoms with E-state index in [0.29, 0.717) is 0 Å². The Hall–Kier alpha value is -4.54. The Balaban J connectivity index is 1.94. The zero-order chi connectivity index (χ0) is 26.0. The van der Waals surface area contributed by atoms with Crippen LogP contribution in [0.3, 0.4) is 0 Å². The van der Waals surface area contributed by atoms with Gasteiger partial charge in [-0.15, -0.1) is 0 Å². The summed E-state index contributed by atoms with van der Waals surface area (Å²) in [5.41, 5.74) is -1.27. The molecule has 36 heavy (non-hydrogen) atoms. The van der Waals surface area contributed by atoms with Crippen LogP contribution >= 0.6 is 0 Å². The molecule has 1 heterocycles. The fourth-order valence-corrected chi connectivity index (χ4v) is 3.48. The monoisotopic (exact) mass is 496 g/mol. The third-order valence-electron chi connectivity index (χ3n) is 5.08. The van der Waals surface area contributed by atoms with Crippen molar-refractivity contribution in [1.29, 1.82) is 0 Å². The van der Waals surface area contributed by atoms with Gasteiger partial charge in [-0.1, -0.05) is 24.3 Å². The highest BCUT2D eigenvalue weighted by Gasteiger charge is 2.31. The van der Waals surface area contributed by atoms with Crippen LogP contribution in [-0.4, -0.2) is 26.9 Å². The molecule has 1 aromatic heterocycles. The Morgan fingerprint density at radius 1 is 1.08 bits per heavy atom. The first kappa shape index (κ1) is 24.6. The van der Waals surface area contributed by atoms with E-state index in [0.717, 1.165) is 16.8 Å². The van der Waals surface area contributed by atoms with Gasteiger partial charge >= 0.3 is 6.18 Å². The summed E-state index contributed by atoms with van der Waals surface area (Å²) in [6.45, 7) is 3.54. The maximum Gasteiger partial charge on any atom is 0.416 e. The minimum atomic E-state index is -4.60. The van der Waals surface area contributed by atoms with Gasteiger partial charge in [0.25, 0.3) is 11.2 Å². The van der Waals surface area contributed by atoms with Gasteiger partial charge in [-0.05, 0) is 44.2 Å². The van der Waals surface area contributed by atoms with Crippen LogP contribution in [0.1, 0.15) is 25.0 Å². The molecule has 0 bridgehead atoms. The molecule has 11 heteroatoms. The molecule has 0 saturated carbocycles. The maximum atomic E-state index is 13.3. The number of nitro benzene ring substituents is 1. The van der Waals surface area contributed by atoms with Crippen LogP contribution in [0.2, 0.25) is 0 Å². The van der Waals surface area contributed by atoms with Gasteiger partial charge in [0.2, 0.25) is 0 Å². The second-order valence-electron chi connectivity index (χ2n) is 8.04. The lowest BCUT2D eigenvalue weighted by Gasteiger charge is -2.13. The Labute approximate surface area is 202 Å². The van der Waals surface area contributed by atoms with Crippen LogP contribution in [0.5, 0.6) is 5.75 Å². The minimum Gasteiger partial charge on any atom is -0.490 e.